The van der Waals surface area contributed by atoms with Crippen LogP contribution in [0.4, 0.5) is 8.78 Å². The van der Waals surface area contributed by atoms with Crippen LogP contribution in [0.25, 0.3) is 12.3 Å². The van der Waals surface area contributed by atoms with Gasteiger partial charge in [-0.2, -0.15) is 8.78 Å². The second-order valence-corrected chi connectivity index (χ2v) is 6.52. The number of pyridine rings is 1. The van der Waals surface area contributed by atoms with E-state index in [-0.39, 0.29) is 23.5 Å². The number of hydrogen-bond acceptors (Lipinski definition) is 3. The van der Waals surface area contributed by atoms with E-state index in [1.807, 2.05) is 61.0 Å². The first kappa shape index (κ1) is 20.3. The molecule has 0 unspecified atom stereocenters. The predicted octanol–water partition coefficient (Wildman–Crippen LogP) is 5.27. The second kappa shape index (κ2) is 9.19. The van der Waals surface area contributed by atoms with Gasteiger partial charge in [0.15, 0.2) is 16.9 Å². The molecule has 0 saturated heterocycles. The first-order valence-electron chi connectivity index (χ1n) is 9.06. The average molecular weight is 397 g/mol. The van der Waals surface area contributed by atoms with Crippen LogP contribution in [-0.2, 0) is 6.61 Å². The molecule has 2 aromatic carbocycles. The molecule has 0 bridgehead atoms. The number of rotatable bonds is 7. The Labute approximate surface area is 167 Å². The fourth-order valence-corrected chi connectivity index (χ4v) is 2.94. The summed E-state index contributed by atoms with van der Waals surface area (Å²) in [5.74, 6) is 0.202. The van der Waals surface area contributed by atoms with E-state index >= 15 is 0 Å². The molecule has 3 aromatic rings. The summed E-state index contributed by atoms with van der Waals surface area (Å²) in [6, 6.07) is 17.3. The summed E-state index contributed by atoms with van der Waals surface area (Å²) in [5, 5.41) is 0. The maximum absolute atomic E-state index is 12.7. The van der Waals surface area contributed by atoms with Gasteiger partial charge in [-0.25, -0.2) is 0 Å². The average Bonchev–Trinajstić information content (AvgIpc) is 2.67. The Morgan fingerprint density at radius 3 is 2.31 bits per heavy atom. The number of alkyl halides is 2. The van der Waals surface area contributed by atoms with Crippen molar-refractivity contribution in [2.24, 2.45) is 0 Å². The van der Waals surface area contributed by atoms with Gasteiger partial charge < -0.3 is 14.0 Å². The SMILES string of the molecule is Cc1cc(=O)cc(C)n1C=Cc1ccc(OC(F)F)c(OCc2ccccc2)c1. The van der Waals surface area contributed by atoms with E-state index in [2.05, 4.69) is 4.74 Å². The molecule has 4 nitrogen and oxygen atoms in total. The Balaban J connectivity index is 1.87. The van der Waals surface area contributed by atoms with Gasteiger partial charge in [0.25, 0.3) is 0 Å². The molecule has 0 saturated carbocycles. The van der Waals surface area contributed by atoms with Crippen molar-refractivity contribution in [3.63, 3.8) is 0 Å². The summed E-state index contributed by atoms with van der Waals surface area (Å²) in [4.78, 5) is 11.6. The molecule has 1 aromatic heterocycles. The van der Waals surface area contributed by atoms with Crippen molar-refractivity contribution < 1.29 is 18.3 Å². The summed E-state index contributed by atoms with van der Waals surface area (Å²) >= 11 is 0. The van der Waals surface area contributed by atoms with Crippen LogP contribution in [0.15, 0.2) is 65.5 Å². The Hall–Kier alpha value is -3.41. The molecule has 29 heavy (non-hydrogen) atoms. The monoisotopic (exact) mass is 397 g/mol. The number of benzene rings is 2. The van der Waals surface area contributed by atoms with Gasteiger partial charge in [0, 0.05) is 29.7 Å². The highest BCUT2D eigenvalue weighted by Crippen LogP contribution is 2.31. The van der Waals surface area contributed by atoms with E-state index in [1.165, 1.54) is 6.07 Å². The zero-order chi connectivity index (χ0) is 20.8. The highest BCUT2D eigenvalue weighted by Gasteiger charge is 2.12. The second-order valence-electron chi connectivity index (χ2n) is 6.52. The van der Waals surface area contributed by atoms with Gasteiger partial charge in [0.1, 0.15) is 6.61 Å². The molecule has 3 rings (SSSR count). The minimum absolute atomic E-state index is 0.0243. The number of hydrogen-bond donors (Lipinski definition) is 0. The molecule has 0 amide bonds. The number of ether oxygens (including phenoxy) is 2. The highest BCUT2D eigenvalue weighted by molar-refractivity contribution is 5.64. The summed E-state index contributed by atoms with van der Waals surface area (Å²) in [6.45, 7) is 0.965. The molecule has 1 heterocycles. The topological polar surface area (TPSA) is 40.5 Å². The molecule has 0 radical (unpaired) electrons. The summed E-state index contributed by atoms with van der Waals surface area (Å²) in [5.41, 5.74) is 3.20. The Morgan fingerprint density at radius 1 is 0.966 bits per heavy atom. The standard InChI is InChI=1S/C23H21F2NO3/c1-16-12-20(27)13-17(2)26(16)11-10-18-8-9-21(29-23(24)25)22(14-18)28-15-19-6-4-3-5-7-19/h3-14,23H,15H2,1-2H3. The fourth-order valence-electron chi connectivity index (χ4n) is 2.94. The maximum Gasteiger partial charge on any atom is 0.387 e. The Kier molecular flexibility index (Phi) is 6.44. The van der Waals surface area contributed by atoms with Gasteiger partial charge >= 0.3 is 6.61 Å². The lowest BCUT2D eigenvalue weighted by Crippen LogP contribution is -2.08. The molecule has 0 N–H and O–H groups in total. The van der Waals surface area contributed by atoms with E-state index in [0.29, 0.717) is 0 Å². The molecule has 0 atom stereocenters. The lowest BCUT2D eigenvalue weighted by Gasteiger charge is -2.13. The Morgan fingerprint density at radius 2 is 1.66 bits per heavy atom. The summed E-state index contributed by atoms with van der Waals surface area (Å²) in [7, 11) is 0. The van der Waals surface area contributed by atoms with Crippen LogP contribution >= 0.6 is 0 Å². The van der Waals surface area contributed by atoms with Crippen molar-refractivity contribution in [1.82, 2.24) is 4.57 Å². The van der Waals surface area contributed by atoms with Crippen LogP contribution in [-0.4, -0.2) is 11.2 Å². The van der Waals surface area contributed by atoms with Crippen molar-refractivity contribution in [2.45, 2.75) is 27.1 Å². The normalized spacial score (nSPS) is 11.2. The molecule has 150 valence electrons. The van der Waals surface area contributed by atoms with Gasteiger partial charge in [-0.1, -0.05) is 36.4 Å². The van der Waals surface area contributed by atoms with Crippen molar-refractivity contribution in [3.8, 4) is 11.5 Å². The van der Waals surface area contributed by atoms with Crippen LogP contribution in [0.2, 0.25) is 0 Å². The molecular formula is C23H21F2NO3. The molecular weight excluding hydrogens is 376 g/mol. The maximum atomic E-state index is 12.7. The smallest absolute Gasteiger partial charge is 0.387 e. The van der Waals surface area contributed by atoms with Crippen LogP contribution < -0.4 is 14.9 Å². The van der Waals surface area contributed by atoms with E-state index in [1.54, 1.807) is 24.3 Å². The molecule has 0 fully saturated rings. The van der Waals surface area contributed by atoms with Crippen molar-refractivity contribution in [3.05, 3.63) is 93.4 Å². The van der Waals surface area contributed by atoms with Gasteiger partial charge in [-0.15, -0.1) is 0 Å². The lowest BCUT2D eigenvalue weighted by atomic mass is 10.2. The van der Waals surface area contributed by atoms with E-state index in [4.69, 9.17) is 4.74 Å². The number of aromatic nitrogens is 1. The van der Waals surface area contributed by atoms with Gasteiger partial charge in [0.05, 0.1) is 0 Å². The van der Waals surface area contributed by atoms with Gasteiger partial charge in [-0.3, -0.25) is 4.79 Å². The van der Waals surface area contributed by atoms with E-state index < -0.39 is 6.61 Å². The largest absolute Gasteiger partial charge is 0.485 e. The van der Waals surface area contributed by atoms with Crippen molar-refractivity contribution in [1.29, 1.82) is 0 Å². The predicted molar refractivity (Wildman–Crippen MR) is 109 cm³/mol. The highest BCUT2D eigenvalue weighted by atomic mass is 19.3. The molecule has 0 spiro atoms. The summed E-state index contributed by atoms with van der Waals surface area (Å²) < 4.78 is 37.7. The third-order valence-corrected chi connectivity index (χ3v) is 4.30. The molecule has 0 aliphatic heterocycles. The number of nitrogens with zero attached hydrogens (tertiary/aromatic N) is 1. The van der Waals surface area contributed by atoms with Gasteiger partial charge in [0.2, 0.25) is 0 Å². The van der Waals surface area contributed by atoms with Gasteiger partial charge in [-0.05, 0) is 43.2 Å². The van der Waals surface area contributed by atoms with Crippen LogP contribution in [0.1, 0.15) is 22.5 Å². The quantitative estimate of drug-likeness (QED) is 0.545. The molecule has 0 aliphatic carbocycles. The van der Waals surface area contributed by atoms with E-state index in [9.17, 15) is 13.6 Å². The third kappa shape index (κ3) is 5.54. The lowest BCUT2D eigenvalue weighted by molar-refractivity contribution is -0.0515. The van der Waals surface area contributed by atoms with E-state index in [0.717, 1.165) is 22.5 Å². The van der Waals surface area contributed by atoms with Crippen LogP contribution in [0.5, 0.6) is 11.5 Å². The molecule has 0 aliphatic rings. The van der Waals surface area contributed by atoms with Crippen LogP contribution in [0.3, 0.4) is 0 Å². The first-order valence-corrected chi connectivity index (χ1v) is 9.06. The molecule has 6 heteroatoms. The minimum Gasteiger partial charge on any atom is -0.485 e. The van der Waals surface area contributed by atoms with Crippen molar-refractivity contribution in [2.75, 3.05) is 0 Å². The first-order chi connectivity index (χ1) is 13.9. The Bertz CT molecular complexity index is 1030. The summed E-state index contributed by atoms with van der Waals surface area (Å²) in [6.07, 6.45) is 3.63. The minimum atomic E-state index is -2.94. The zero-order valence-electron chi connectivity index (χ0n) is 16.1. The number of aryl methyl sites for hydroxylation is 2. The zero-order valence-corrected chi connectivity index (χ0v) is 16.1. The fraction of sp³-hybridized carbons (Fsp3) is 0.174. The number of halogens is 2. The van der Waals surface area contributed by atoms with Crippen LogP contribution in [0, 0.1) is 13.8 Å². The third-order valence-electron chi connectivity index (χ3n) is 4.30. The van der Waals surface area contributed by atoms with Crippen molar-refractivity contribution >= 4 is 12.3 Å².